The molecule has 0 bridgehead atoms. The summed E-state index contributed by atoms with van der Waals surface area (Å²) < 4.78 is 20.0. The van der Waals surface area contributed by atoms with Crippen LogP contribution in [0.4, 0.5) is 4.39 Å². The largest absolute Gasteiger partial charge is 0.394 e. The molecular weight excluding hydrogens is 361 g/mol. The molecule has 0 aromatic heterocycles. The van der Waals surface area contributed by atoms with Crippen molar-refractivity contribution in [1.82, 2.24) is 15.5 Å². The molecule has 0 radical (unpaired) electrons. The summed E-state index contributed by atoms with van der Waals surface area (Å²) in [7, 11) is 0. The number of hydrogen-bond donors (Lipinski definition) is 3. The highest BCUT2D eigenvalue weighted by Crippen LogP contribution is 2.32. The van der Waals surface area contributed by atoms with Crippen LogP contribution in [-0.4, -0.2) is 47.4 Å². The van der Waals surface area contributed by atoms with E-state index in [1.807, 2.05) is 31.2 Å². The first-order valence-corrected chi connectivity index (χ1v) is 9.44. The van der Waals surface area contributed by atoms with Crippen LogP contribution in [-0.2, 0) is 9.53 Å². The van der Waals surface area contributed by atoms with Crippen molar-refractivity contribution in [3.05, 3.63) is 65.3 Å². The SMILES string of the molecule is Cc1ccc(C2=C3C=CC=CN3C(C(=O)NC3(CO)CCOCC3)N2)c(F)c1. The number of carbonyl (C=O) groups is 1. The van der Waals surface area contributed by atoms with E-state index in [1.165, 1.54) is 6.07 Å². The number of aliphatic hydroxyl groups is 1. The minimum absolute atomic E-state index is 0.149. The van der Waals surface area contributed by atoms with E-state index in [4.69, 9.17) is 4.74 Å². The molecule has 3 heterocycles. The molecule has 1 unspecified atom stereocenters. The van der Waals surface area contributed by atoms with Crippen molar-refractivity contribution in [1.29, 1.82) is 0 Å². The number of rotatable bonds is 4. The summed E-state index contributed by atoms with van der Waals surface area (Å²) in [5.41, 5.74) is 1.87. The lowest BCUT2D eigenvalue weighted by Crippen LogP contribution is -2.60. The van der Waals surface area contributed by atoms with Gasteiger partial charge in [0.2, 0.25) is 0 Å². The van der Waals surface area contributed by atoms with E-state index in [0.717, 1.165) is 11.3 Å². The number of nitrogens with zero attached hydrogens (tertiary/aromatic N) is 1. The average Bonchev–Trinajstić information content (AvgIpc) is 3.08. The highest BCUT2D eigenvalue weighted by Gasteiger charge is 2.40. The minimum atomic E-state index is -0.724. The van der Waals surface area contributed by atoms with E-state index < -0.39 is 11.7 Å². The molecule has 28 heavy (non-hydrogen) atoms. The Morgan fingerprint density at radius 2 is 2.18 bits per heavy atom. The van der Waals surface area contributed by atoms with Crippen molar-refractivity contribution >= 4 is 11.6 Å². The number of amides is 1. The number of halogens is 1. The van der Waals surface area contributed by atoms with E-state index in [0.29, 0.717) is 37.3 Å². The highest BCUT2D eigenvalue weighted by atomic mass is 19.1. The normalized spacial score (nSPS) is 22.8. The zero-order valence-electron chi connectivity index (χ0n) is 15.7. The Kier molecular flexibility index (Phi) is 4.95. The predicted molar refractivity (Wildman–Crippen MR) is 103 cm³/mol. The van der Waals surface area contributed by atoms with Crippen molar-refractivity contribution in [3.8, 4) is 0 Å². The smallest absolute Gasteiger partial charge is 0.264 e. The van der Waals surface area contributed by atoms with Gasteiger partial charge in [0, 0.05) is 25.0 Å². The maximum atomic E-state index is 14.6. The lowest BCUT2D eigenvalue weighted by molar-refractivity contribution is -0.129. The first-order valence-electron chi connectivity index (χ1n) is 9.44. The maximum Gasteiger partial charge on any atom is 0.264 e. The molecule has 3 aliphatic rings. The standard InChI is InChI=1S/C21H24FN3O3/c1-14-5-6-15(16(22)12-14)18-17-4-2-3-9-25(17)19(23-18)20(27)24-21(13-26)7-10-28-11-8-21/h2-6,9,12,19,23,26H,7-8,10-11,13H2,1H3,(H,24,27). The van der Waals surface area contributed by atoms with Crippen molar-refractivity contribution in [2.75, 3.05) is 19.8 Å². The van der Waals surface area contributed by atoms with Crippen LogP contribution < -0.4 is 10.6 Å². The molecule has 1 aromatic rings. The number of nitrogens with one attached hydrogen (secondary N) is 2. The summed E-state index contributed by atoms with van der Waals surface area (Å²) in [5, 5.41) is 16.0. The van der Waals surface area contributed by atoms with E-state index in [9.17, 15) is 14.3 Å². The molecule has 0 aliphatic carbocycles. The third kappa shape index (κ3) is 3.31. The van der Waals surface area contributed by atoms with Crippen LogP contribution in [0.1, 0.15) is 24.0 Å². The number of aryl methyl sites for hydroxylation is 1. The Morgan fingerprint density at radius 3 is 2.89 bits per heavy atom. The molecule has 0 spiro atoms. The van der Waals surface area contributed by atoms with Gasteiger partial charge in [-0.25, -0.2) is 4.39 Å². The number of aliphatic hydroxyl groups excluding tert-OH is 1. The summed E-state index contributed by atoms with van der Waals surface area (Å²) >= 11 is 0. The van der Waals surface area contributed by atoms with Gasteiger partial charge in [-0.1, -0.05) is 12.1 Å². The minimum Gasteiger partial charge on any atom is -0.394 e. The summed E-state index contributed by atoms with van der Waals surface area (Å²) in [6.45, 7) is 2.67. The van der Waals surface area contributed by atoms with Crippen LogP contribution in [0.15, 0.2) is 48.3 Å². The van der Waals surface area contributed by atoms with Gasteiger partial charge in [0.15, 0.2) is 6.17 Å². The highest BCUT2D eigenvalue weighted by molar-refractivity contribution is 5.88. The average molecular weight is 385 g/mol. The molecule has 1 saturated heterocycles. The Bertz CT molecular complexity index is 872. The van der Waals surface area contributed by atoms with Gasteiger partial charge in [-0.3, -0.25) is 4.79 Å². The maximum absolute atomic E-state index is 14.6. The lowest BCUT2D eigenvalue weighted by atomic mass is 9.91. The Labute approximate surface area is 163 Å². The monoisotopic (exact) mass is 385 g/mol. The van der Waals surface area contributed by atoms with Crippen molar-refractivity contribution in [2.45, 2.75) is 31.5 Å². The van der Waals surface area contributed by atoms with Crippen LogP contribution >= 0.6 is 0 Å². The first-order chi connectivity index (χ1) is 13.5. The second kappa shape index (κ2) is 7.41. The van der Waals surface area contributed by atoms with Gasteiger partial charge < -0.3 is 25.4 Å². The van der Waals surface area contributed by atoms with Crippen molar-refractivity contribution in [3.63, 3.8) is 0 Å². The number of ether oxygens (including phenoxy) is 1. The predicted octanol–water partition coefficient (Wildman–Crippen LogP) is 1.78. The summed E-state index contributed by atoms with van der Waals surface area (Å²) in [5.74, 6) is -0.605. The van der Waals surface area contributed by atoms with E-state index >= 15 is 0 Å². The van der Waals surface area contributed by atoms with Gasteiger partial charge in [0.1, 0.15) is 5.82 Å². The molecule has 1 atom stereocenters. The zero-order chi connectivity index (χ0) is 19.7. The Hall–Kier alpha value is -2.64. The summed E-state index contributed by atoms with van der Waals surface area (Å²) in [4.78, 5) is 14.9. The number of fused-ring (bicyclic) bond motifs is 1. The fourth-order valence-electron chi connectivity index (χ4n) is 3.82. The fraction of sp³-hybridized carbons (Fsp3) is 0.381. The molecule has 1 fully saturated rings. The second-order valence-corrected chi connectivity index (χ2v) is 7.44. The van der Waals surface area contributed by atoms with Crippen LogP contribution in [0.3, 0.4) is 0 Å². The number of hydrogen-bond acceptors (Lipinski definition) is 5. The quantitative estimate of drug-likeness (QED) is 0.737. The summed E-state index contributed by atoms with van der Waals surface area (Å²) in [6.07, 6.45) is 7.71. The Morgan fingerprint density at radius 1 is 1.39 bits per heavy atom. The molecule has 6 nitrogen and oxygen atoms in total. The second-order valence-electron chi connectivity index (χ2n) is 7.44. The lowest BCUT2D eigenvalue weighted by Gasteiger charge is -2.38. The fourth-order valence-corrected chi connectivity index (χ4v) is 3.82. The van der Waals surface area contributed by atoms with Crippen molar-refractivity contribution in [2.24, 2.45) is 0 Å². The number of carbonyl (C=O) groups excluding carboxylic acids is 1. The summed E-state index contributed by atoms with van der Waals surface area (Å²) in [6, 6.07) is 5.04. The molecule has 4 rings (SSSR count). The molecule has 3 aliphatic heterocycles. The number of benzene rings is 1. The molecule has 3 N–H and O–H groups in total. The van der Waals surface area contributed by atoms with Crippen LogP contribution in [0.25, 0.3) is 5.70 Å². The van der Waals surface area contributed by atoms with Crippen LogP contribution in [0.5, 0.6) is 0 Å². The topological polar surface area (TPSA) is 73.8 Å². The van der Waals surface area contributed by atoms with Crippen molar-refractivity contribution < 1.29 is 19.0 Å². The third-order valence-electron chi connectivity index (χ3n) is 5.49. The van der Waals surface area contributed by atoms with Gasteiger partial charge in [0.05, 0.1) is 23.5 Å². The molecule has 1 amide bonds. The third-order valence-corrected chi connectivity index (χ3v) is 5.49. The molecule has 1 aromatic carbocycles. The number of allylic oxidation sites excluding steroid dienone is 3. The Balaban J connectivity index is 1.61. The molecule has 7 heteroatoms. The van der Waals surface area contributed by atoms with Crippen LogP contribution in [0.2, 0.25) is 0 Å². The molecule has 148 valence electrons. The van der Waals surface area contributed by atoms with E-state index in [1.54, 1.807) is 17.2 Å². The van der Waals surface area contributed by atoms with Gasteiger partial charge >= 0.3 is 0 Å². The van der Waals surface area contributed by atoms with Gasteiger partial charge in [-0.05, 0) is 49.6 Å². The van der Waals surface area contributed by atoms with Gasteiger partial charge in [0.25, 0.3) is 5.91 Å². The van der Waals surface area contributed by atoms with Gasteiger partial charge in [-0.2, -0.15) is 0 Å². The molecular formula is C21H24FN3O3. The zero-order valence-corrected chi connectivity index (χ0v) is 15.7. The first kappa shape index (κ1) is 18.7. The van der Waals surface area contributed by atoms with E-state index in [2.05, 4.69) is 10.6 Å². The molecule has 0 saturated carbocycles. The van der Waals surface area contributed by atoms with Gasteiger partial charge in [-0.15, -0.1) is 0 Å². The van der Waals surface area contributed by atoms with Crippen LogP contribution in [0, 0.1) is 12.7 Å². The van der Waals surface area contributed by atoms with E-state index in [-0.39, 0.29) is 18.3 Å².